The minimum Gasteiger partial charge on any atom is -0.360 e. The molecule has 0 saturated heterocycles. The first-order valence-electron chi connectivity index (χ1n) is 5.45. The van der Waals surface area contributed by atoms with Gasteiger partial charge in [-0.05, 0) is 17.7 Å². The topological polar surface area (TPSA) is 60.7 Å². The van der Waals surface area contributed by atoms with Crippen molar-refractivity contribution < 1.29 is 0 Å². The number of hydrogen-bond donors (Lipinski definition) is 2. The van der Waals surface area contributed by atoms with Crippen molar-refractivity contribution in [2.45, 2.75) is 6.17 Å². The van der Waals surface area contributed by atoms with Crippen LogP contribution in [0.15, 0.2) is 36.5 Å². The third-order valence-corrected chi connectivity index (χ3v) is 3.05. The molecule has 2 N–H and O–H groups in total. The van der Waals surface area contributed by atoms with Gasteiger partial charge in [-0.2, -0.15) is 5.26 Å². The highest BCUT2D eigenvalue weighted by molar-refractivity contribution is 6.29. The van der Waals surface area contributed by atoms with Crippen LogP contribution in [0.5, 0.6) is 0 Å². The second-order valence-electron chi connectivity index (χ2n) is 4.01. The third-order valence-electron chi connectivity index (χ3n) is 2.84. The van der Waals surface area contributed by atoms with Gasteiger partial charge in [0.1, 0.15) is 11.3 Å². The molecule has 1 aliphatic heterocycles. The Kier molecular flexibility index (Phi) is 2.54. The van der Waals surface area contributed by atoms with Crippen LogP contribution in [0.2, 0.25) is 5.15 Å². The van der Waals surface area contributed by atoms with E-state index in [-0.39, 0.29) is 6.17 Å². The number of nitrogens with zero attached hydrogens (tertiary/aromatic N) is 2. The van der Waals surface area contributed by atoms with E-state index in [4.69, 9.17) is 16.9 Å². The van der Waals surface area contributed by atoms with E-state index < -0.39 is 0 Å². The summed E-state index contributed by atoms with van der Waals surface area (Å²) in [6.07, 6.45) is 1.68. The van der Waals surface area contributed by atoms with Crippen molar-refractivity contribution in [3.63, 3.8) is 0 Å². The molecule has 1 unspecified atom stereocenters. The lowest BCUT2D eigenvalue weighted by molar-refractivity contribution is 0.940. The van der Waals surface area contributed by atoms with Crippen molar-refractivity contribution in [3.05, 3.63) is 52.8 Å². The SMILES string of the molecule is N#Cc1ccc(C2Nc3cnc(Cl)cc3N2)cc1. The minimum atomic E-state index is -0.0204. The molecule has 1 atom stereocenters. The van der Waals surface area contributed by atoms with Crippen molar-refractivity contribution in [3.8, 4) is 6.07 Å². The Bertz CT molecular complexity index is 630. The second-order valence-corrected chi connectivity index (χ2v) is 4.40. The normalized spacial score (nSPS) is 16.3. The van der Waals surface area contributed by atoms with E-state index in [1.165, 1.54) is 0 Å². The molecule has 18 heavy (non-hydrogen) atoms. The van der Waals surface area contributed by atoms with Gasteiger partial charge in [-0.3, -0.25) is 0 Å². The van der Waals surface area contributed by atoms with E-state index in [0.29, 0.717) is 10.7 Å². The fraction of sp³-hybridized carbons (Fsp3) is 0.0769. The standard InChI is InChI=1S/C13H9ClN4/c14-12-5-10-11(7-16-12)18-13(17-10)9-3-1-8(6-15)2-4-9/h1-5,7,13,17-18H. The summed E-state index contributed by atoms with van der Waals surface area (Å²) in [5.41, 5.74) is 3.57. The van der Waals surface area contributed by atoms with Gasteiger partial charge in [0, 0.05) is 6.07 Å². The Morgan fingerprint density at radius 1 is 1.17 bits per heavy atom. The van der Waals surface area contributed by atoms with Crippen LogP contribution < -0.4 is 10.6 Å². The summed E-state index contributed by atoms with van der Waals surface area (Å²) < 4.78 is 0. The molecule has 2 aromatic rings. The van der Waals surface area contributed by atoms with Crippen molar-refractivity contribution in [2.75, 3.05) is 10.6 Å². The first-order chi connectivity index (χ1) is 8.76. The number of halogens is 1. The molecule has 1 aromatic carbocycles. The number of pyridine rings is 1. The Morgan fingerprint density at radius 3 is 2.61 bits per heavy atom. The molecule has 0 aliphatic carbocycles. The molecule has 0 saturated carbocycles. The quantitative estimate of drug-likeness (QED) is 0.770. The van der Waals surface area contributed by atoms with E-state index in [0.717, 1.165) is 16.9 Å². The van der Waals surface area contributed by atoms with Crippen molar-refractivity contribution in [1.82, 2.24) is 4.98 Å². The minimum absolute atomic E-state index is 0.0204. The van der Waals surface area contributed by atoms with Gasteiger partial charge in [0.25, 0.3) is 0 Å². The second kappa shape index (κ2) is 4.21. The molecule has 3 rings (SSSR count). The lowest BCUT2D eigenvalue weighted by atomic mass is 10.1. The molecular formula is C13H9ClN4. The Hall–Kier alpha value is -2.25. The summed E-state index contributed by atoms with van der Waals surface area (Å²) in [5.74, 6) is 0. The van der Waals surface area contributed by atoms with Crippen LogP contribution >= 0.6 is 11.6 Å². The van der Waals surface area contributed by atoms with Crippen LogP contribution in [-0.4, -0.2) is 4.98 Å². The van der Waals surface area contributed by atoms with Gasteiger partial charge in [0.05, 0.1) is 29.2 Å². The van der Waals surface area contributed by atoms with Crippen molar-refractivity contribution >= 4 is 23.0 Å². The van der Waals surface area contributed by atoms with Gasteiger partial charge in [0.2, 0.25) is 0 Å². The maximum atomic E-state index is 8.76. The number of fused-ring (bicyclic) bond motifs is 1. The van der Waals surface area contributed by atoms with Gasteiger partial charge in [0.15, 0.2) is 0 Å². The average molecular weight is 257 g/mol. The summed E-state index contributed by atoms with van der Waals surface area (Å²) in [6.45, 7) is 0. The predicted molar refractivity (Wildman–Crippen MR) is 70.4 cm³/mol. The van der Waals surface area contributed by atoms with E-state index in [2.05, 4.69) is 21.7 Å². The largest absolute Gasteiger partial charge is 0.360 e. The first-order valence-corrected chi connectivity index (χ1v) is 5.83. The number of nitriles is 1. The molecule has 1 aromatic heterocycles. The number of anilines is 2. The number of benzene rings is 1. The van der Waals surface area contributed by atoms with Crippen LogP contribution in [0.3, 0.4) is 0 Å². The van der Waals surface area contributed by atoms with Gasteiger partial charge in [-0.15, -0.1) is 0 Å². The highest BCUT2D eigenvalue weighted by atomic mass is 35.5. The van der Waals surface area contributed by atoms with Crippen molar-refractivity contribution in [2.24, 2.45) is 0 Å². The Labute approximate surface area is 109 Å². The van der Waals surface area contributed by atoms with Crippen molar-refractivity contribution in [1.29, 1.82) is 5.26 Å². The number of rotatable bonds is 1. The number of aromatic nitrogens is 1. The molecule has 4 nitrogen and oxygen atoms in total. The number of hydrogen-bond acceptors (Lipinski definition) is 4. The molecule has 0 fully saturated rings. The molecular weight excluding hydrogens is 248 g/mol. The molecule has 88 valence electrons. The van der Waals surface area contributed by atoms with Crippen LogP contribution in [0.25, 0.3) is 0 Å². The van der Waals surface area contributed by atoms with Gasteiger partial charge in [-0.25, -0.2) is 4.98 Å². The van der Waals surface area contributed by atoms with E-state index in [1.54, 1.807) is 24.4 Å². The third kappa shape index (κ3) is 1.85. The molecule has 2 heterocycles. The van der Waals surface area contributed by atoms with Crippen LogP contribution in [0.4, 0.5) is 11.4 Å². The Balaban J connectivity index is 1.87. The van der Waals surface area contributed by atoms with E-state index >= 15 is 0 Å². The molecule has 5 heteroatoms. The van der Waals surface area contributed by atoms with Crippen LogP contribution in [0, 0.1) is 11.3 Å². The zero-order valence-electron chi connectivity index (χ0n) is 9.31. The van der Waals surface area contributed by atoms with E-state index in [9.17, 15) is 0 Å². The lowest BCUT2D eigenvalue weighted by Crippen LogP contribution is -2.11. The fourth-order valence-electron chi connectivity index (χ4n) is 1.93. The summed E-state index contributed by atoms with van der Waals surface area (Å²) in [6, 6.07) is 11.3. The summed E-state index contributed by atoms with van der Waals surface area (Å²) in [5, 5.41) is 15.8. The average Bonchev–Trinajstić information content (AvgIpc) is 2.81. The van der Waals surface area contributed by atoms with Gasteiger partial charge < -0.3 is 10.6 Å². The molecule has 0 amide bonds. The highest BCUT2D eigenvalue weighted by Crippen LogP contribution is 2.35. The predicted octanol–water partition coefficient (Wildman–Crippen LogP) is 3.14. The summed E-state index contributed by atoms with van der Waals surface area (Å²) in [4.78, 5) is 4.03. The monoisotopic (exact) mass is 256 g/mol. The van der Waals surface area contributed by atoms with Gasteiger partial charge >= 0.3 is 0 Å². The van der Waals surface area contributed by atoms with Crippen LogP contribution in [0.1, 0.15) is 17.3 Å². The summed E-state index contributed by atoms with van der Waals surface area (Å²) in [7, 11) is 0. The number of nitrogens with one attached hydrogen (secondary N) is 2. The fourth-order valence-corrected chi connectivity index (χ4v) is 2.09. The molecule has 0 spiro atoms. The zero-order valence-corrected chi connectivity index (χ0v) is 10.1. The zero-order chi connectivity index (χ0) is 12.5. The van der Waals surface area contributed by atoms with Gasteiger partial charge in [-0.1, -0.05) is 23.7 Å². The first kappa shape index (κ1) is 10.9. The van der Waals surface area contributed by atoms with E-state index in [1.807, 2.05) is 12.1 Å². The molecule has 0 radical (unpaired) electrons. The highest BCUT2D eigenvalue weighted by Gasteiger charge is 2.21. The lowest BCUT2D eigenvalue weighted by Gasteiger charge is -2.12. The summed E-state index contributed by atoms with van der Waals surface area (Å²) >= 11 is 5.84. The molecule has 1 aliphatic rings. The maximum absolute atomic E-state index is 8.76. The maximum Gasteiger partial charge on any atom is 0.131 e. The smallest absolute Gasteiger partial charge is 0.131 e. The Morgan fingerprint density at radius 2 is 1.89 bits per heavy atom. The molecule has 0 bridgehead atoms. The van der Waals surface area contributed by atoms with Crippen LogP contribution in [-0.2, 0) is 0 Å².